The van der Waals surface area contributed by atoms with Crippen molar-refractivity contribution in [3.05, 3.63) is 29.3 Å². The molecule has 0 radical (unpaired) electrons. The van der Waals surface area contributed by atoms with E-state index in [1.807, 2.05) is 0 Å². The Hall–Kier alpha value is -1.65. The van der Waals surface area contributed by atoms with Gasteiger partial charge in [0.25, 0.3) is 0 Å². The number of aryl methyl sites for hydroxylation is 2. The summed E-state index contributed by atoms with van der Waals surface area (Å²) in [6.07, 6.45) is -4.19. The van der Waals surface area contributed by atoms with Gasteiger partial charge in [-0.25, -0.2) is 4.79 Å². The molecule has 15 heavy (non-hydrogen) atoms. The van der Waals surface area contributed by atoms with Crippen molar-refractivity contribution in [3.8, 4) is 5.75 Å². The van der Waals surface area contributed by atoms with E-state index < -0.39 is 12.1 Å². The molecule has 0 saturated heterocycles. The monoisotopic (exact) mass is 216 g/mol. The van der Waals surface area contributed by atoms with Crippen LogP contribution in [-0.2, 0) is 4.79 Å². The second-order valence-corrected chi connectivity index (χ2v) is 3.25. The first-order valence-corrected chi connectivity index (χ1v) is 4.20. The van der Waals surface area contributed by atoms with Crippen molar-refractivity contribution in [1.82, 2.24) is 0 Å². The predicted molar refractivity (Wildman–Crippen MR) is 49.1 cm³/mol. The van der Waals surface area contributed by atoms with E-state index in [2.05, 4.69) is 4.74 Å². The molecule has 0 aliphatic heterocycles. The molecule has 0 aromatic heterocycles. The number of carboxylic acid groups (broad SMARTS) is 1. The Balaban J connectivity index is 2.94. The highest BCUT2D eigenvalue weighted by Gasteiger charge is 2.42. The first kappa shape index (κ1) is 11.4. The van der Waals surface area contributed by atoms with Crippen LogP contribution in [0.15, 0.2) is 18.2 Å². The lowest BCUT2D eigenvalue weighted by Gasteiger charge is -2.14. The molecule has 0 spiro atoms. The summed E-state index contributed by atoms with van der Waals surface area (Å²) >= 11 is 0. The van der Waals surface area contributed by atoms with Gasteiger partial charge in [0, 0.05) is 0 Å². The maximum Gasteiger partial charge on any atom is 0.501 e. The topological polar surface area (TPSA) is 46.5 Å². The summed E-state index contributed by atoms with van der Waals surface area (Å²) in [5, 5.41) is 8.17. The summed E-state index contributed by atoms with van der Waals surface area (Å²) in [4.78, 5) is 10.1. The predicted octanol–water partition coefficient (Wildman–Crippen LogP) is 2.36. The van der Waals surface area contributed by atoms with Crippen LogP contribution in [0.5, 0.6) is 5.75 Å². The number of carbonyl (C=O) groups is 1. The maximum atomic E-state index is 12.7. The molecule has 0 aliphatic rings. The molecule has 3 nitrogen and oxygen atoms in total. The Kier molecular flexibility index (Phi) is 2.93. The SMILES string of the molecule is Cc1cc(C)cc(OC(F)(F)C(=O)O)c1. The van der Waals surface area contributed by atoms with Crippen molar-refractivity contribution in [1.29, 1.82) is 0 Å². The average Bonchev–Trinajstić information content (AvgIpc) is 1.99. The molecule has 1 N–H and O–H groups in total. The van der Waals surface area contributed by atoms with E-state index in [4.69, 9.17) is 5.11 Å². The van der Waals surface area contributed by atoms with Gasteiger partial charge in [-0.1, -0.05) is 6.07 Å². The van der Waals surface area contributed by atoms with Crippen LogP contribution in [0, 0.1) is 13.8 Å². The van der Waals surface area contributed by atoms with Gasteiger partial charge in [0.15, 0.2) is 0 Å². The van der Waals surface area contributed by atoms with Gasteiger partial charge >= 0.3 is 12.1 Å². The van der Waals surface area contributed by atoms with Crippen LogP contribution in [0.1, 0.15) is 11.1 Å². The zero-order valence-corrected chi connectivity index (χ0v) is 8.25. The Morgan fingerprint density at radius 2 is 1.73 bits per heavy atom. The molecule has 0 bridgehead atoms. The second kappa shape index (κ2) is 3.84. The fourth-order valence-electron chi connectivity index (χ4n) is 1.18. The van der Waals surface area contributed by atoms with E-state index in [1.165, 1.54) is 12.1 Å². The van der Waals surface area contributed by atoms with Gasteiger partial charge in [-0.05, 0) is 37.1 Å². The van der Waals surface area contributed by atoms with Crippen molar-refractivity contribution in [2.24, 2.45) is 0 Å². The standard InChI is InChI=1S/C10H10F2O3/c1-6-3-7(2)5-8(4-6)15-10(11,12)9(13)14/h3-5H,1-2H3,(H,13,14). The third-order valence-corrected chi connectivity index (χ3v) is 1.69. The number of aliphatic carboxylic acids is 1. The Morgan fingerprint density at radius 3 is 2.13 bits per heavy atom. The van der Waals surface area contributed by atoms with Crippen LogP contribution >= 0.6 is 0 Å². The van der Waals surface area contributed by atoms with Crippen LogP contribution < -0.4 is 4.74 Å². The minimum absolute atomic E-state index is 0.153. The highest BCUT2D eigenvalue weighted by atomic mass is 19.3. The molecule has 0 atom stereocenters. The van der Waals surface area contributed by atoms with Crippen molar-refractivity contribution >= 4 is 5.97 Å². The quantitative estimate of drug-likeness (QED) is 0.843. The Morgan fingerprint density at radius 1 is 1.27 bits per heavy atom. The molecule has 0 heterocycles. The van der Waals surface area contributed by atoms with Gasteiger partial charge in [0.2, 0.25) is 0 Å². The third kappa shape index (κ3) is 2.90. The molecule has 0 unspecified atom stereocenters. The third-order valence-electron chi connectivity index (χ3n) is 1.69. The number of alkyl halides is 2. The number of hydrogen-bond acceptors (Lipinski definition) is 2. The van der Waals surface area contributed by atoms with Crippen molar-refractivity contribution in [3.63, 3.8) is 0 Å². The summed E-state index contributed by atoms with van der Waals surface area (Å²) < 4.78 is 29.4. The summed E-state index contributed by atoms with van der Waals surface area (Å²) in [5.41, 5.74) is 1.46. The lowest BCUT2D eigenvalue weighted by atomic mass is 10.1. The molecule has 1 aromatic rings. The van der Waals surface area contributed by atoms with Gasteiger partial charge < -0.3 is 9.84 Å². The average molecular weight is 216 g/mol. The number of ether oxygens (including phenoxy) is 1. The molecule has 1 rings (SSSR count). The highest BCUT2D eigenvalue weighted by molar-refractivity contribution is 5.73. The molecule has 0 amide bonds. The maximum absolute atomic E-state index is 12.7. The number of carboxylic acids is 1. The van der Waals surface area contributed by atoms with E-state index >= 15 is 0 Å². The van der Waals surface area contributed by atoms with Crippen molar-refractivity contribution in [2.75, 3.05) is 0 Å². The lowest BCUT2D eigenvalue weighted by Crippen LogP contribution is -2.34. The van der Waals surface area contributed by atoms with Gasteiger partial charge in [-0.15, -0.1) is 0 Å². The minimum Gasteiger partial charge on any atom is -0.474 e. The van der Waals surface area contributed by atoms with E-state index in [1.54, 1.807) is 19.9 Å². The fraction of sp³-hybridized carbons (Fsp3) is 0.300. The molecule has 5 heteroatoms. The van der Waals surface area contributed by atoms with E-state index in [-0.39, 0.29) is 5.75 Å². The van der Waals surface area contributed by atoms with Gasteiger partial charge in [-0.3, -0.25) is 0 Å². The molecular formula is C10H10F2O3. The largest absolute Gasteiger partial charge is 0.501 e. The Labute approximate surface area is 85.3 Å². The van der Waals surface area contributed by atoms with Gasteiger partial charge in [-0.2, -0.15) is 8.78 Å². The van der Waals surface area contributed by atoms with Crippen molar-refractivity contribution in [2.45, 2.75) is 20.0 Å². The van der Waals surface area contributed by atoms with Crippen LogP contribution in [0.3, 0.4) is 0 Å². The van der Waals surface area contributed by atoms with Gasteiger partial charge in [0.05, 0.1) is 0 Å². The van der Waals surface area contributed by atoms with Gasteiger partial charge in [0.1, 0.15) is 5.75 Å². The number of benzene rings is 1. The fourth-order valence-corrected chi connectivity index (χ4v) is 1.18. The zero-order chi connectivity index (χ0) is 11.6. The summed E-state index contributed by atoms with van der Waals surface area (Å²) in [5.74, 6) is -2.46. The number of rotatable bonds is 3. The first-order chi connectivity index (χ1) is 6.81. The Bertz CT molecular complexity index is 368. The normalized spacial score (nSPS) is 11.2. The van der Waals surface area contributed by atoms with Crippen molar-refractivity contribution < 1.29 is 23.4 Å². The number of hydrogen-bond donors (Lipinski definition) is 1. The van der Waals surface area contributed by atoms with E-state index in [0.29, 0.717) is 0 Å². The van der Waals surface area contributed by atoms with Crippen LogP contribution in [-0.4, -0.2) is 17.2 Å². The summed E-state index contributed by atoms with van der Waals surface area (Å²) in [7, 11) is 0. The molecule has 0 aliphatic carbocycles. The first-order valence-electron chi connectivity index (χ1n) is 4.20. The van der Waals surface area contributed by atoms with E-state index in [0.717, 1.165) is 11.1 Å². The second-order valence-electron chi connectivity index (χ2n) is 3.25. The lowest BCUT2D eigenvalue weighted by molar-refractivity contribution is -0.210. The van der Waals surface area contributed by atoms with E-state index in [9.17, 15) is 13.6 Å². The van der Waals surface area contributed by atoms with Crippen LogP contribution in [0.25, 0.3) is 0 Å². The smallest absolute Gasteiger partial charge is 0.474 e. The zero-order valence-electron chi connectivity index (χ0n) is 8.25. The molecule has 0 fully saturated rings. The number of halogens is 2. The molecule has 82 valence electrons. The van der Waals surface area contributed by atoms with Crippen LogP contribution in [0.4, 0.5) is 8.78 Å². The molecular weight excluding hydrogens is 206 g/mol. The summed E-state index contributed by atoms with van der Waals surface area (Å²) in [6, 6.07) is 4.47. The highest BCUT2D eigenvalue weighted by Crippen LogP contribution is 2.23. The molecule has 0 saturated carbocycles. The van der Waals surface area contributed by atoms with Crippen LogP contribution in [0.2, 0.25) is 0 Å². The molecule has 1 aromatic carbocycles. The minimum atomic E-state index is -4.19. The summed E-state index contributed by atoms with van der Waals surface area (Å²) in [6.45, 7) is 3.41.